The molecule has 0 bridgehead atoms. The number of hydrogen-bond acceptors (Lipinski definition) is 3. The first-order valence-electron chi connectivity index (χ1n) is 9.40. The Morgan fingerprint density at radius 2 is 2.20 bits per heavy atom. The number of guanidine groups is 1. The molecule has 1 aliphatic rings. The topological polar surface area (TPSA) is 57.5 Å². The Balaban J connectivity index is 0.00000312. The molecular formula is C18H35IN6. The summed E-state index contributed by atoms with van der Waals surface area (Å²) in [4.78, 5) is 7.26. The second-order valence-electron chi connectivity index (χ2n) is 6.82. The first-order valence-corrected chi connectivity index (χ1v) is 9.40. The maximum Gasteiger partial charge on any atom is 0.191 e. The van der Waals surface area contributed by atoms with Gasteiger partial charge in [0.1, 0.15) is 0 Å². The third-order valence-corrected chi connectivity index (χ3v) is 4.60. The Morgan fingerprint density at radius 3 is 2.88 bits per heavy atom. The van der Waals surface area contributed by atoms with E-state index >= 15 is 0 Å². The number of hydrogen-bond donors (Lipinski definition) is 2. The SMILES string of the molecule is CCNC(=NCc1ccnn1C)NCCCCN1CCCC(C)C1.I. The number of unbranched alkanes of at least 4 members (excludes halogenated alkanes) is 1. The van der Waals surface area contributed by atoms with Crippen molar-refractivity contribution in [3.05, 3.63) is 18.0 Å². The Hall–Kier alpha value is -0.830. The van der Waals surface area contributed by atoms with Crippen molar-refractivity contribution in [2.45, 2.75) is 46.1 Å². The van der Waals surface area contributed by atoms with Gasteiger partial charge in [0.15, 0.2) is 5.96 Å². The molecule has 7 heteroatoms. The van der Waals surface area contributed by atoms with E-state index in [0.717, 1.165) is 30.7 Å². The molecule has 1 aromatic heterocycles. The minimum Gasteiger partial charge on any atom is -0.357 e. The first kappa shape index (κ1) is 22.2. The molecular weight excluding hydrogens is 427 g/mol. The minimum absolute atomic E-state index is 0. The monoisotopic (exact) mass is 462 g/mol. The summed E-state index contributed by atoms with van der Waals surface area (Å²) in [6.07, 6.45) is 7.01. The second kappa shape index (κ2) is 12.5. The molecule has 1 unspecified atom stereocenters. The van der Waals surface area contributed by atoms with Crippen molar-refractivity contribution in [3.8, 4) is 0 Å². The predicted molar refractivity (Wildman–Crippen MR) is 116 cm³/mol. The lowest BCUT2D eigenvalue weighted by molar-refractivity contribution is 0.181. The van der Waals surface area contributed by atoms with E-state index in [1.54, 1.807) is 0 Å². The molecule has 0 spiro atoms. The number of halogens is 1. The van der Waals surface area contributed by atoms with Gasteiger partial charge >= 0.3 is 0 Å². The van der Waals surface area contributed by atoms with E-state index in [9.17, 15) is 0 Å². The predicted octanol–water partition coefficient (Wildman–Crippen LogP) is 2.61. The van der Waals surface area contributed by atoms with Gasteiger partial charge in [0.25, 0.3) is 0 Å². The highest BCUT2D eigenvalue weighted by molar-refractivity contribution is 14.0. The van der Waals surface area contributed by atoms with Crippen LogP contribution in [0.3, 0.4) is 0 Å². The van der Waals surface area contributed by atoms with E-state index in [0.29, 0.717) is 6.54 Å². The minimum atomic E-state index is 0. The van der Waals surface area contributed by atoms with Crippen LogP contribution in [0.4, 0.5) is 0 Å². The molecule has 1 aliphatic heterocycles. The van der Waals surface area contributed by atoms with Crippen molar-refractivity contribution >= 4 is 29.9 Å². The van der Waals surface area contributed by atoms with E-state index in [1.807, 2.05) is 24.0 Å². The van der Waals surface area contributed by atoms with Crippen LogP contribution in [-0.4, -0.2) is 53.4 Å². The summed E-state index contributed by atoms with van der Waals surface area (Å²) >= 11 is 0. The van der Waals surface area contributed by atoms with Crippen LogP contribution in [0.25, 0.3) is 0 Å². The molecule has 25 heavy (non-hydrogen) atoms. The van der Waals surface area contributed by atoms with Crippen molar-refractivity contribution in [1.29, 1.82) is 0 Å². The lowest BCUT2D eigenvalue weighted by Gasteiger charge is -2.30. The number of piperidine rings is 1. The van der Waals surface area contributed by atoms with Gasteiger partial charge in [-0.2, -0.15) is 5.10 Å². The molecule has 0 saturated carbocycles. The molecule has 1 saturated heterocycles. The van der Waals surface area contributed by atoms with Crippen LogP contribution in [0.1, 0.15) is 45.2 Å². The molecule has 144 valence electrons. The van der Waals surface area contributed by atoms with Gasteiger partial charge in [-0.1, -0.05) is 6.92 Å². The van der Waals surface area contributed by atoms with E-state index in [-0.39, 0.29) is 24.0 Å². The van der Waals surface area contributed by atoms with E-state index in [1.165, 1.54) is 45.3 Å². The number of aromatic nitrogens is 2. The lowest BCUT2D eigenvalue weighted by atomic mass is 10.0. The number of aliphatic imine (C=N–C) groups is 1. The molecule has 2 rings (SSSR count). The Morgan fingerprint density at radius 1 is 1.36 bits per heavy atom. The zero-order valence-corrected chi connectivity index (χ0v) is 18.3. The molecule has 2 N–H and O–H groups in total. The van der Waals surface area contributed by atoms with Gasteiger partial charge in [-0.05, 0) is 57.7 Å². The summed E-state index contributed by atoms with van der Waals surface area (Å²) in [5.74, 6) is 1.77. The fourth-order valence-corrected chi connectivity index (χ4v) is 3.22. The van der Waals surface area contributed by atoms with E-state index in [4.69, 9.17) is 0 Å². The van der Waals surface area contributed by atoms with Gasteiger partial charge in [-0.15, -0.1) is 24.0 Å². The summed E-state index contributed by atoms with van der Waals surface area (Å²) in [6.45, 7) is 10.8. The molecule has 0 radical (unpaired) electrons. The number of nitrogens with one attached hydrogen (secondary N) is 2. The maximum atomic E-state index is 4.64. The average molecular weight is 462 g/mol. The summed E-state index contributed by atoms with van der Waals surface area (Å²) in [6, 6.07) is 2.01. The molecule has 1 atom stereocenters. The highest BCUT2D eigenvalue weighted by Crippen LogP contribution is 2.15. The van der Waals surface area contributed by atoms with Crippen molar-refractivity contribution in [1.82, 2.24) is 25.3 Å². The first-order chi connectivity index (χ1) is 11.7. The second-order valence-corrected chi connectivity index (χ2v) is 6.82. The van der Waals surface area contributed by atoms with Crippen molar-refractivity contribution in [3.63, 3.8) is 0 Å². The fourth-order valence-electron chi connectivity index (χ4n) is 3.22. The van der Waals surface area contributed by atoms with Gasteiger partial charge in [-0.25, -0.2) is 4.99 Å². The normalized spacial score (nSPS) is 18.7. The van der Waals surface area contributed by atoms with Crippen LogP contribution in [0.5, 0.6) is 0 Å². The number of nitrogens with zero attached hydrogens (tertiary/aromatic N) is 4. The van der Waals surface area contributed by atoms with E-state index < -0.39 is 0 Å². The number of rotatable bonds is 8. The number of likely N-dealkylation sites (tertiary alicyclic amines) is 1. The number of aryl methyl sites for hydroxylation is 1. The van der Waals surface area contributed by atoms with Crippen LogP contribution in [0, 0.1) is 5.92 Å². The standard InChI is InChI=1S/C18H34N6.HI/c1-4-19-18(21-14-17-9-11-22-23(17)3)20-10-5-6-12-24-13-7-8-16(2)15-24;/h9,11,16H,4-8,10,12-15H2,1-3H3,(H2,19,20,21);1H. The molecule has 1 aromatic rings. The zero-order valence-electron chi connectivity index (χ0n) is 16.0. The van der Waals surface area contributed by atoms with Gasteiger partial charge in [0.2, 0.25) is 0 Å². The third-order valence-electron chi connectivity index (χ3n) is 4.60. The quantitative estimate of drug-likeness (QED) is 0.270. The highest BCUT2D eigenvalue weighted by atomic mass is 127. The largest absolute Gasteiger partial charge is 0.357 e. The Bertz CT molecular complexity index is 502. The maximum absolute atomic E-state index is 4.64. The van der Waals surface area contributed by atoms with E-state index in [2.05, 4.69) is 39.5 Å². The molecule has 1 fully saturated rings. The van der Waals surface area contributed by atoms with Crippen LogP contribution < -0.4 is 10.6 Å². The Labute approximate surface area is 169 Å². The van der Waals surface area contributed by atoms with Gasteiger partial charge in [-0.3, -0.25) is 4.68 Å². The summed E-state index contributed by atoms with van der Waals surface area (Å²) in [7, 11) is 1.95. The van der Waals surface area contributed by atoms with Crippen LogP contribution in [0.15, 0.2) is 17.3 Å². The fraction of sp³-hybridized carbons (Fsp3) is 0.778. The van der Waals surface area contributed by atoms with Crippen LogP contribution in [-0.2, 0) is 13.6 Å². The summed E-state index contributed by atoms with van der Waals surface area (Å²) in [5.41, 5.74) is 1.12. The molecule has 0 amide bonds. The molecule has 0 aliphatic carbocycles. The van der Waals surface area contributed by atoms with Gasteiger partial charge in [0, 0.05) is 32.9 Å². The van der Waals surface area contributed by atoms with Gasteiger partial charge < -0.3 is 15.5 Å². The van der Waals surface area contributed by atoms with Crippen LogP contribution >= 0.6 is 24.0 Å². The molecule has 0 aromatic carbocycles. The zero-order chi connectivity index (χ0) is 17.2. The highest BCUT2D eigenvalue weighted by Gasteiger charge is 2.15. The third kappa shape index (κ3) is 8.40. The van der Waals surface area contributed by atoms with Crippen molar-refractivity contribution in [2.75, 3.05) is 32.7 Å². The van der Waals surface area contributed by atoms with Crippen molar-refractivity contribution in [2.24, 2.45) is 18.0 Å². The van der Waals surface area contributed by atoms with Crippen molar-refractivity contribution < 1.29 is 0 Å². The molecule has 6 nitrogen and oxygen atoms in total. The molecule has 2 heterocycles. The lowest BCUT2D eigenvalue weighted by Crippen LogP contribution is -2.38. The van der Waals surface area contributed by atoms with Gasteiger partial charge in [0.05, 0.1) is 12.2 Å². The summed E-state index contributed by atoms with van der Waals surface area (Å²) in [5, 5.41) is 10.9. The smallest absolute Gasteiger partial charge is 0.191 e. The Kier molecular flexibility index (Phi) is 11.1. The average Bonchev–Trinajstić information content (AvgIpc) is 2.97. The summed E-state index contributed by atoms with van der Waals surface area (Å²) < 4.78 is 1.87. The van der Waals surface area contributed by atoms with Crippen LogP contribution in [0.2, 0.25) is 0 Å².